The van der Waals surface area contributed by atoms with Crippen molar-refractivity contribution in [2.75, 3.05) is 13.2 Å². The Morgan fingerprint density at radius 3 is 2.22 bits per heavy atom. The van der Waals surface area contributed by atoms with E-state index in [-0.39, 0.29) is 19.1 Å². The van der Waals surface area contributed by atoms with Crippen LogP contribution in [0.4, 0.5) is 0 Å². The molecule has 3 N–H and O–H groups in total. The number of aliphatic carboxylic acids is 1. The maximum atomic E-state index is 12.8. The van der Waals surface area contributed by atoms with Gasteiger partial charge in [-0.25, -0.2) is 0 Å². The Hall–Kier alpha value is -2.66. The molecule has 0 heterocycles. The van der Waals surface area contributed by atoms with Crippen molar-refractivity contribution in [3.63, 3.8) is 0 Å². The second-order valence-corrected chi connectivity index (χ2v) is 7.47. The number of nitrogens with two attached hydrogens (primary N) is 1. The maximum Gasteiger partial charge on any atom is 0.311 e. The third-order valence-corrected chi connectivity index (χ3v) is 6.21. The van der Waals surface area contributed by atoms with Crippen LogP contribution in [0.15, 0.2) is 48.5 Å². The van der Waals surface area contributed by atoms with Gasteiger partial charge in [0, 0.05) is 12.5 Å². The average Bonchev–Trinajstić information content (AvgIpc) is 3.27. The first-order valence-corrected chi connectivity index (χ1v) is 9.37. The van der Waals surface area contributed by atoms with E-state index in [4.69, 9.17) is 10.5 Å². The highest BCUT2D eigenvalue weighted by Crippen LogP contribution is 2.46. The molecule has 2 aliphatic carbocycles. The molecule has 0 amide bonds. The molecule has 2 aromatic carbocycles. The van der Waals surface area contributed by atoms with Gasteiger partial charge in [0.25, 0.3) is 0 Å². The van der Waals surface area contributed by atoms with Gasteiger partial charge in [-0.15, -0.1) is 0 Å². The van der Waals surface area contributed by atoms with Crippen LogP contribution < -0.4 is 5.73 Å². The average molecular weight is 365 g/mol. The van der Waals surface area contributed by atoms with Gasteiger partial charge in [-0.3, -0.25) is 9.59 Å². The molecule has 0 aliphatic heterocycles. The lowest BCUT2D eigenvalue weighted by molar-refractivity contribution is -0.163. The predicted octanol–water partition coefficient (Wildman–Crippen LogP) is 3.17. The van der Waals surface area contributed by atoms with E-state index in [1.54, 1.807) is 0 Å². The molecule has 0 radical (unpaired) electrons. The fourth-order valence-electron chi connectivity index (χ4n) is 4.71. The number of rotatable bonds is 5. The zero-order chi connectivity index (χ0) is 19.0. The third kappa shape index (κ3) is 2.73. The molecule has 2 aliphatic rings. The van der Waals surface area contributed by atoms with E-state index >= 15 is 0 Å². The highest BCUT2D eigenvalue weighted by atomic mass is 16.5. The SMILES string of the molecule is NCC1(C(=O)O)CCCC1C(=O)OCC1c2ccccc2-c2ccccc21. The zero-order valence-corrected chi connectivity index (χ0v) is 15.1. The van der Waals surface area contributed by atoms with Crippen LogP contribution in [0.25, 0.3) is 11.1 Å². The lowest BCUT2D eigenvalue weighted by Gasteiger charge is -2.28. The molecule has 5 heteroatoms. The van der Waals surface area contributed by atoms with E-state index in [1.165, 1.54) is 0 Å². The summed E-state index contributed by atoms with van der Waals surface area (Å²) < 4.78 is 5.67. The second-order valence-electron chi connectivity index (χ2n) is 7.47. The van der Waals surface area contributed by atoms with E-state index < -0.39 is 23.3 Å². The minimum Gasteiger partial charge on any atom is -0.481 e. The fraction of sp³-hybridized carbons (Fsp3) is 0.364. The Kier molecular flexibility index (Phi) is 4.48. The van der Waals surface area contributed by atoms with Crippen LogP contribution in [0, 0.1) is 11.3 Å². The van der Waals surface area contributed by atoms with E-state index in [0.29, 0.717) is 19.3 Å². The van der Waals surface area contributed by atoms with Crippen molar-refractivity contribution >= 4 is 11.9 Å². The maximum absolute atomic E-state index is 12.8. The number of carbonyl (C=O) groups is 2. The first kappa shape index (κ1) is 17.7. The Bertz CT molecular complexity index is 848. The van der Waals surface area contributed by atoms with Gasteiger partial charge in [0.1, 0.15) is 6.61 Å². The van der Waals surface area contributed by atoms with Crippen molar-refractivity contribution in [2.24, 2.45) is 17.1 Å². The third-order valence-electron chi connectivity index (χ3n) is 6.21. The summed E-state index contributed by atoms with van der Waals surface area (Å²) >= 11 is 0. The number of carbonyl (C=O) groups excluding carboxylic acids is 1. The van der Waals surface area contributed by atoms with Crippen LogP contribution in [0.3, 0.4) is 0 Å². The lowest BCUT2D eigenvalue weighted by atomic mass is 9.78. The number of hydrogen-bond donors (Lipinski definition) is 2. The topological polar surface area (TPSA) is 89.6 Å². The monoisotopic (exact) mass is 365 g/mol. The van der Waals surface area contributed by atoms with Crippen LogP contribution >= 0.6 is 0 Å². The summed E-state index contributed by atoms with van der Waals surface area (Å²) in [5.41, 5.74) is 9.17. The summed E-state index contributed by atoms with van der Waals surface area (Å²) in [5.74, 6) is -2.14. The highest BCUT2D eigenvalue weighted by molar-refractivity contribution is 5.85. The van der Waals surface area contributed by atoms with Crippen LogP contribution in [0.1, 0.15) is 36.3 Å². The summed E-state index contributed by atoms with van der Waals surface area (Å²) in [6, 6.07) is 16.3. The minimum absolute atomic E-state index is 0.0279. The molecule has 2 unspecified atom stereocenters. The first-order valence-electron chi connectivity index (χ1n) is 9.37. The summed E-state index contributed by atoms with van der Waals surface area (Å²) in [5, 5.41) is 9.64. The Morgan fingerprint density at radius 1 is 1.07 bits per heavy atom. The molecule has 140 valence electrons. The molecule has 1 saturated carbocycles. The van der Waals surface area contributed by atoms with Crippen LogP contribution in [0.5, 0.6) is 0 Å². The molecule has 0 aromatic heterocycles. The molecule has 5 nitrogen and oxygen atoms in total. The Balaban J connectivity index is 1.56. The fourth-order valence-corrected chi connectivity index (χ4v) is 4.71. The molecule has 1 fully saturated rings. The molecule has 2 atom stereocenters. The summed E-state index contributed by atoms with van der Waals surface area (Å²) in [6.07, 6.45) is 1.62. The van der Waals surface area contributed by atoms with Gasteiger partial charge in [-0.2, -0.15) is 0 Å². The number of esters is 1. The molecular weight excluding hydrogens is 342 g/mol. The van der Waals surface area contributed by atoms with Crippen molar-refractivity contribution in [3.8, 4) is 11.1 Å². The molecule has 0 saturated heterocycles. The smallest absolute Gasteiger partial charge is 0.311 e. The van der Waals surface area contributed by atoms with Crippen molar-refractivity contribution in [1.82, 2.24) is 0 Å². The molecule has 2 aromatic rings. The van der Waals surface area contributed by atoms with Crippen LogP contribution in [-0.2, 0) is 14.3 Å². The van der Waals surface area contributed by atoms with Gasteiger partial charge in [-0.1, -0.05) is 55.0 Å². The molecule has 0 spiro atoms. The zero-order valence-electron chi connectivity index (χ0n) is 15.1. The summed E-state index contributed by atoms with van der Waals surface area (Å²) in [6.45, 7) is 0.167. The normalized spacial score (nSPS) is 23.7. The van der Waals surface area contributed by atoms with E-state index in [9.17, 15) is 14.7 Å². The van der Waals surface area contributed by atoms with Crippen LogP contribution in [0.2, 0.25) is 0 Å². The van der Waals surface area contributed by atoms with Crippen LogP contribution in [-0.4, -0.2) is 30.2 Å². The van der Waals surface area contributed by atoms with Gasteiger partial charge in [0.05, 0.1) is 11.3 Å². The first-order chi connectivity index (χ1) is 13.1. The Labute approximate surface area is 158 Å². The minimum atomic E-state index is -1.19. The van der Waals surface area contributed by atoms with E-state index in [2.05, 4.69) is 24.3 Å². The summed E-state index contributed by atoms with van der Waals surface area (Å²) in [4.78, 5) is 24.5. The quantitative estimate of drug-likeness (QED) is 0.795. The number of carboxylic acid groups (broad SMARTS) is 1. The van der Waals surface area contributed by atoms with Gasteiger partial charge in [-0.05, 0) is 35.1 Å². The Morgan fingerprint density at radius 2 is 1.67 bits per heavy atom. The number of hydrogen-bond acceptors (Lipinski definition) is 4. The van der Waals surface area contributed by atoms with Gasteiger partial charge >= 0.3 is 11.9 Å². The lowest BCUT2D eigenvalue weighted by Crippen LogP contribution is -2.45. The van der Waals surface area contributed by atoms with Crippen molar-refractivity contribution < 1.29 is 19.4 Å². The predicted molar refractivity (Wildman–Crippen MR) is 101 cm³/mol. The number of benzene rings is 2. The van der Waals surface area contributed by atoms with Gasteiger partial charge in [0.2, 0.25) is 0 Å². The highest BCUT2D eigenvalue weighted by Gasteiger charge is 2.52. The number of ether oxygens (including phenoxy) is 1. The van der Waals surface area contributed by atoms with Gasteiger partial charge in [0.15, 0.2) is 0 Å². The summed E-state index contributed by atoms with van der Waals surface area (Å²) in [7, 11) is 0. The van der Waals surface area contributed by atoms with E-state index in [1.807, 2.05) is 24.3 Å². The second kappa shape index (κ2) is 6.82. The van der Waals surface area contributed by atoms with Crippen molar-refractivity contribution in [2.45, 2.75) is 25.2 Å². The molecule has 4 rings (SSSR count). The van der Waals surface area contributed by atoms with Crippen molar-refractivity contribution in [1.29, 1.82) is 0 Å². The number of fused-ring (bicyclic) bond motifs is 3. The van der Waals surface area contributed by atoms with Gasteiger partial charge < -0.3 is 15.6 Å². The van der Waals surface area contributed by atoms with Crippen molar-refractivity contribution in [3.05, 3.63) is 59.7 Å². The number of carboxylic acids is 1. The molecular formula is C22H23NO4. The molecule has 0 bridgehead atoms. The standard InChI is InChI=1S/C22H23NO4/c23-13-22(21(25)26)11-5-10-19(22)20(24)27-12-18-16-8-3-1-6-14(16)15-7-2-4-9-17(15)18/h1-4,6-9,18-19H,5,10-13,23H2,(H,25,26). The van der Waals surface area contributed by atoms with E-state index in [0.717, 1.165) is 22.3 Å². The molecule has 27 heavy (non-hydrogen) atoms. The largest absolute Gasteiger partial charge is 0.481 e.